The number of nitrogens with one attached hydrogen (secondary N) is 1. The topological polar surface area (TPSA) is 81.4 Å². The van der Waals surface area contributed by atoms with Gasteiger partial charge in [0.2, 0.25) is 5.76 Å². The third-order valence-corrected chi connectivity index (χ3v) is 3.62. The van der Waals surface area contributed by atoms with Crippen LogP contribution in [0.5, 0.6) is 0 Å². The highest BCUT2D eigenvalue weighted by Gasteiger charge is 2.23. The average molecular weight is 280 g/mol. The molecule has 0 unspecified atom stereocenters. The molecule has 2 atom stereocenters. The van der Waals surface area contributed by atoms with E-state index in [0.717, 1.165) is 19.3 Å². The Morgan fingerprint density at radius 1 is 1.45 bits per heavy atom. The van der Waals surface area contributed by atoms with Gasteiger partial charge in [0.15, 0.2) is 6.61 Å². The lowest BCUT2D eigenvalue weighted by Gasteiger charge is -2.29. The Bertz CT molecular complexity index is 483. The first-order valence-electron chi connectivity index (χ1n) is 6.96. The summed E-state index contributed by atoms with van der Waals surface area (Å²) in [5.74, 6) is -0.451. The molecule has 0 radical (unpaired) electrons. The first-order chi connectivity index (χ1) is 9.56. The van der Waals surface area contributed by atoms with E-state index >= 15 is 0 Å². The Balaban J connectivity index is 1.76. The van der Waals surface area contributed by atoms with Crippen LogP contribution in [0.4, 0.5) is 0 Å². The van der Waals surface area contributed by atoms with E-state index in [4.69, 9.17) is 9.26 Å². The normalized spacial score (nSPS) is 22.3. The van der Waals surface area contributed by atoms with Gasteiger partial charge in [0.1, 0.15) is 0 Å². The van der Waals surface area contributed by atoms with Gasteiger partial charge in [-0.2, -0.15) is 0 Å². The molecule has 1 aliphatic rings. The number of nitrogens with zero attached hydrogens (tertiary/aromatic N) is 1. The molecule has 1 heterocycles. The summed E-state index contributed by atoms with van der Waals surface area (Å²) >= 11 is 0. The molecule has 1 fully saturated rings. The molecule has 1 saturated carbocycles. The van der Waals surface area contributed by atoms with Crippen LogP contribution in [0.15, 0.2) is 10.6 Å². The largest absolute Gasteiger partial charge is 0.450 e. The Morgan fingerprint density at radius 2 is 2.20 bits per heavy atom. The number of ether oxygens (including phenoxy) is 1. The smallest absolute Gasteiger partial charge is 0.377 e. The fourth-order valence-electron chi connectivity index (χ4n) is 2.44. The van der Waals surface area contributed by atoms with Gasteiger partial charge in [-0.15, -0.1) is 0 Å². The number of aromatic nitrogens is 1. The number of amides is 1. The molecule has 1 aromatic rings. The summed E-state index contributed by atoms with van der Waals surface area (Å²) in [6.07, 6.45) is 4.46. The fourth-order valence-corrected chi connectivity index (χ4v) is 2.44. The number of rotatable bonds is 4. The monoisotopic (exact) mass is 280 g/mol. The van der Waals surface area contributed by atoms with Gasteiger partial charge in [-0.05, 0) is 25.7 Å². The van der Waals surface area contributed by atoms with Crippen molar-refractivity contribution in [2.45, 2.75) is 45.6 Å². The number of hydrogen-bond acceptors (Lipinski definition) is 5. The maximum Gasteiger partial charge on any atom is 0.377 e. The van der Waals surface area contributed by atoms with Crippen molar-refractivity contribution in [2.24, 2.45) is 5.92 Å². The molecular weight excluding hydrogens is 260 g/mol. The third kappa shape index (κ3) is 3.82. The number of esters is 1. The van der Waals surface area contributed by atoms with Crippen molar-refractivity contribution in [1.82, 2.24) is 10.5 Å². The van der Waals surface area contributed by atoms with Crippen LogP contribution in [0.1, 0.15) is 48.9 Å². The molecule has 1 N–H and O–H groups in total. The van der Waals surface area contributed by atoms with E-state index in [2.05, 4.69) is 17.4 Å². The minimum Gasteiger partial charge on any atom is -0.450 e. The summed E-state index contributed by atoms with van der Waals surface area (Å²) in [5, 5.41) is 6.51. The number of carbonyl (C=O) groups is 2. The highest BCUT2D eigenvalue weighted by Crippen LogP contribution is 2.23. The SMILES string of the molecule is Cc1cc(C(=O)OCC(=O)N[C@@H]2CCCC[C@@H]2C)on1. The zero-order valence-corrected chi connectivity index (χ0v) is 11.8. The van der Waals surface area contributed by atoms with E-state index in [9.17, 15) is 9.59 Å². The van der Waals surface area contributed by atoms with E-state index in [0.29, 0.717) is 11.6 Å². The molecule has 1 amide bonds. The first kappa shape index (κ1) is 14.6. The molecular formula is C14H20N2O4. The lowest BCUT2D eigenvalue weighted by atomic mass is 9.86. The molecule has 0 spiro atoms. The van der Waals surface area contributed by atoms with Crippen molar-refractivity contribution >= 4 is 11.9 Å². The van der Waals surface area contributed by atoms with E-state index < -0.39 is 5.97 Å². The molecule has 0 saturated heterocycles. The lowest BCUT2D eigenvalue weighted by Crippen LogP contribution is -2.42. The highest BCUT2D eigenvalue weighted by molar-refractivity contribution is 5.88. The van der Waals surface area contributed by atoms with Crippen LogP contribution in [0.2, 0.25) is 0 Å². The van der Waals surface area contributed by atoms with Gasteiger partial charge in [-0.25, -0.2) is 4.79 Å². The summed E-state index contributed by atoms with van der Waals surface area (Å²) in [5.41, 5.74) is 0.595. The van der Waals surface area contributed by atoms with Crippen LogP contribution in [-0.2, 0) is 9.53 Å². The highest BCUT2D eigenvalue weighted by atomic mass is 16.6. The predicted octanol–water partition coefficient (Wildman–Crippen LogP) is 1.83. The molecule has 0 bridgehead atoms. The quantitative estimate of drug-likeness (QED) is 0.851. The zero-order chi connectivity index (χ0) is 14.5. The Morgan fingerprint density at radius 3 is 2.85 bits per heavy atom. The van der Waals surface area contributed by atoms with Crippen molar-refractivity contribution < 1.29 is 18.8 Å². The van der Waals surface area contributed by atoms with E-state index in [1.807, 2.05) is 0 Å². The van der Waals surface area contributed by atoms with Crippen LogP contribution >= 0.6 is 0 Å². The van der Waals surface area contributed by atoms with Crippen molar-refractivity contribution in [3.8, 4) is 0 Å². The maximum atomic E-state index is 11.8. The van der Waals surface area contributed by atoms with Gasteiger partial charge in [0, 0.05) is 12.1 Å². The molecule has 110 valence electrons. The van der Waals surface area contributed by atoms with Crippen LogP contribution in [-0.4, -0.2) is 29.7 Å². The average Bonchev–Trinajstić information content (AvgIpc) is 2.85. The Kier molecular flexibility index (Phi) is 4.76. The standard InChI is InChI=1S/C14H20N2O4/c1-9-5-3-4-6-11(9)15-13(17)8-19-14(18)12-7-10(2)16-20-12/h7,9,11H,3-6,8H2,1-2H3,(H,15,17)/t9-,11+/m0/s1. The second-order valence-electron chi connectivity index (χ2n) is 5.34. The lowest BCUT2D eigenvalue weighted by molar-refractivity contribution is -0.125. The Hall–Kier alpha value is -1.85. The van der Waals surface area contributed by atoms with Crippen LogP contribution in [0.3, 0.4) is 0 Å². The van der Waals surface area contributed by atoms with Crippen molar-refractivity contribution in [2.75, 3.05) is 6.61 Å². The van der Waals surface area contributed by atoms with Gasteiger partial charge in [-0.1, -0.05) is 24.9 Å². The van der Waals surface area contributed by atoms with Gasteiger partial charge in [0.05, 0.1) is 5.69 Å². The molecule has 2 rings (SSSR count). The molecule has 1 aliphatic carbocycles. The minimum atomic E-state index is -0.669. The first-order valence-corrected chi connectivity index (χ1v) is 6.96. The van der Waals surface area contributed by atoms with E-state index in [-0.39, 0.29) is 24.3 Å². The van der Waals surface area contributed by atoms with Crippen LogP contribution < -0.4 is 5.32 Å². The summed E-state index contributed by atoms with van der Waals surface area (Å²) in [4.78, 5) is 23.3. The van der Waals surface area contributed by atoms with Crippen molar-refractivity contribution in [1.29, 1.82) is 0 Å². The molecule has 20 heavy (non-hydrogen) atoms. The Labute approximate surface area is 117 Å². The number of hydrogen-bond donors (Lipinski definition) is 1. The van der Waals surface area contributed by atoms with Crippen LogP contribution in [0, 0.1) is 12.8 Å². The zero-order valence-electron chi connectivity index (χ0n) is 11.8. The van der Waals surface area contributed by atoms with Crippen molar-refractivity contribution in [3.05, 3.63) is 17.5 Å². The van der Waals surface area contributed by atoms with Crippen LogP contribution in [0.25, 0.3) is 0 Å². The molecule has 0 aromatic carbocycles. The number of carbonyl (C=O) groups excluding carboxylic acids is 2. The van der Waals surface area contributed by atoms with Gasteiger partial charge < -0.3 is 14.6 Å². The fraction of sp³-hybridized carbons (Fsp3) is 0.643. The van der Waals surface area contributed by atoms with Gasteiger partial charge >= 0.3 is 5.97 Å². The molecule has 6 nitrogen and oxygen atoms in total. The summed E-state index contributed by atoms with van der Waals surface area (Å²) < 4.78 is 9.66. The van der Waals surface area contributed by atoms with Crippen molar-refractivity contribution in [3.63, 3.8) is 0 Å². The summed E-state index contributed by atoms with van der Waals surface area (Å²) in [6, 6.07) is 1.66. The maximum absolute atomic E-state index is 11.8. The molecule has 1 aromatic heterocycles. The second kappa shape index (κ2) is 6.54. The molecule has 6 heteroatoms. The van der Waals surface area contributed by atoms with E-state index in [1.54, 1.807) is 6.92 Å². The van der Waals surface area contributed by atoms with Gasteiger partial charge in [0.25, 0.3) is 5.91 Å². The minimum absolute atomic E-state index is 0.0151. The summed E-state index contributed by atoms with van der Waals surface area (Å²) in [6.45, 7) is 3.55. The third-order valence-electron chi connectivity index (χ3n) is 3.62. The predicted molar refractivity (Wildman–Crippen MR) is 71.1 cm³/mol. The second-order valence-corrected chi connectivity index (χ2v) is 5.34. The van der Waals surface area contributed by atoms with Gasteiger partial charge in [-0.3, -0.25) is 4.79 Å². The molecule has 0 aliphatic heterocycles. The van der Waals surface area contributed by atoms with E-state index in [1.165, 1.54) is 12.5 Å². The summed E-state index contributed by atoms with van der Waals surface area (Å²) in [7, 11) is 0. The number of aryl methyl sites for hydroxylation is 1.